The topological polar surface area (TPSA) is 74.8 Å². The predicted octanol–water partition coefficient (Wildman–Crippen LogP) is 3.25. The maximum absolute atomic E-state index is 12.9. The number of hydrogen-bond donors (Lipinski definition) is 1. The minimum Gasteiger partial charge on any atom is -0.450 e. The summed E-state index contributed by atoms with van der Waals surface area (Å²) >= 11 is 1.69. The zero-order valence-corrected chi connectivity index (χ0v) is 17.6. The second-order valence-electron chi connectivity index (χ2n) is 7.72. The van der Waals surface area contributed by atoms with Gasteiger partial charge in [-0.2, -0.15) is 0 Å². The molecule has 1 aromatic carbocycles. The number of aromatic nitrogens is 1. The largest absolute Gasteiger partial charge is 0.450 e. The van der Waals surface area contributed by atoms with E-state index in [0.29, 0.717) is 26.2 Å². The minimum absolute atomic E-state index is 0.0150. The van der Waals surface area contributed by atoms with Gasteiger partial charge in [0, 0.05) is 32.2 Å². The Bertz CT molecular complexity index is 829. The Labute approximate surface area is 175 Å². The fourth-order valence-corrected chi connectivity index (χ4v) is 5.10. The fraction of sp³-hybridized carbons (Fsp3) is 0.571. The number of fused-ring (bicyclic) bond motifs is 1. The average Bonchev–Trinajstić information content (AvgIpc) is 3.19. The highest BCUT2D eigenvalue weighted by Gasteiger charge is 2.30. The number of para-hydroxylation sites is 1. The van der Waals surface area contributed by atoms with Gasteiger partial charge in [0.05, 0.1) is 22.7 Å². The molecule has 4 rings (SSSR count). The van der Waals surface area contributed by atoms with Gasteiger partial charge in [-0.3, -0.25) is 4.79 Å². The third kappa shape index (κ3) is 4.63. The summed E-state index contributed by atoms with van der Waals surface area (Å²) in [6, 6.07) is 8.29. The minimum atomic E-state index is -0.254. The molecule has 0 saturated carbocycles. The molecule has 2 amide bonds. The van der Waals surface area contributed by atoms with Crippen LogP contribution in [0.25, 0.3) is 10.2 Å². The summed E-state index contributed by atoms with van der Waals surface area (Å²) in [7, 11) is 0. The van der Waals surface area contributed by atoms with Gasteiger partial charge in [0.15, 0.2) is 5.13 Å². The van der Waals surface area contributed by atoms with Gasteiger partial charge in [-0.1, -0.05) is 23.5 Å². The number of amides is 2. The number of carbonyl (C=O) groups is 2. The highest BCUT2D eigenvalue weighted by atomic mass is 32.1. The van der Waals surface area contributed by atoms with Gasteiger partial charge in [0.25, 0.3) is 0 Å². The van der Waals surface area contributed by atoms with Gasteiger partial charge < -0.3 is 19.9 Å². The Kier molecular flexibility index (Phi) is 6.18. The number of nitrogens with zero attached hydrogens (tertiary/aromatic N) is 3. The van der Waals surface area contributed by atoms with Crippen LogP contribution < -0.4 is 10.2 Å². The summed E-state index contributed by atoms with van der Waals surface area (Å²) in [5.41, 5.74) is 1.02. The van der Waals surface area contributed by atoms with E-state index in [2.05, 4.69) is 16.3 Å². The molecule has 2 aliphatic heterocycles. The van der Waals surface area contributed by atoms with Crippen LogP contribution in [0.3, 0.4) is 0 Å². The fourth-order valence-electron chi connectivity index (χ4n) is 4.10. The monoisotopic (exact) mass is 416 g/mol. The number of ether oxygens (including phenoxy) is 1. The Morgan fingerprint density at radius 3 is 2.76 bits per heavy atom. The molecule has 7 nitrogen and oxygen atoms in total. The highest BCUT2D eigenvalue weighted by Crippen LogP contribution is 2.31. The van der Waals surface area contributed by atoms with E-state index in [-0.39, 0.29) is 24.0 Å². The molecule has 3 heterocycles. The van der Waals surface area contributed by atoms with Crippen LogP contribution in [0, 0.1) is 5.92 Å². The molecule has 1 aromatic heterocycles. The number of carbonyl (C=O) groups excluding carboxylic acids is 2. The van der Waals surface area contributed by atoms with Crippen molar-refractivity contribution in [1.82, 2.24) is 15.2 Å². The second-order valence-corrected chi connectivity index (χ2v) is 8.73. The zero-order chi connectivity index (χ0) is 20.2. The molecular formula is C21H28N4O3S. The lowest BCUT2D eigenvalue weighted by atomic mass is 9.96. The Morgan fingerprint density at radius 2 is 2.00 bits per heavy atom. The van der Waals surface area contributed by atoms with Crippen LogP contribution in [0.4, 0.5) is 9.93 Å². The first kappa shape index (κ1) is 19.9. The number of likely N-dealkylation sites (tertiary alicyclic amines) is 1. The molecule has 2 fully saturated rings. The number of piperidine rings is 2. The maximum Gasteiger partial charge on any atom is 0.409 e. The third-order valence-electron chi connectivity index (χ3n) is 5.71. The van der Waals surface area contributed by atoms with Crippen molar-refractivity contribution in [1.29, 1.82) is 0 Å². The zero-order valence-electron chi connectivity index (χ0n) is 16.8. The number of thiazole rings is 1. The molecule has 8 heteroatoms. The van der Waals surface area contributed by atoms with Gasteiger partial charge in [-0.15, -0.1) is 0 Å². The van der Waals surface area contributed by atoms with Crippen molar-refractivity contribution in [2.75, 3.05) is 37.7 Å². The van der Waals surface area contributed by atoms with Crippen molar-refractivity contribution in [3.8, 4) is 0 Å². The van der Waals surface area contributed by atoms with E-state index in [0.717, 1.165) is 42.9 Å². The lowest BCUT2D eigenvalue weighted by Crippen LogP contribution is -2.50. The summed E-state index contributed by atoms with van der Waals surface area (Å²) in [5.74, 6) is 0.115. The van der Waals surface area contributed by atoms with Crippen molar-refractivity contribution < 1.29 is 14.3 Å². The predicted molar refractivity (Wildman–Crippen MR) is 114 cm³/mol. The van der Waals surface area contributed by atoms with E-state index in [1.54, 1.807) is 16.2 Å². The van der Waals surface area contributed by atoms with Gasteiger partial charge in [0.2, 0.25) is 5.91 Å². The molecule has 1 unspecified atom stereocenters. The van der Waals surface area contributed by atoms with Crippen LogP contribution in [0.5, 0.6) is 0 Å². The molecular weight excluding hydrogens is 388 g/mol. The van der Waals surface area contributed by atoms with Crippen LogP contribution in [0.15, 0.2) is 24.3 Å². The standard InChI is InChI=1S/C21H28N4O3S/c1-2-28-21(27)24-12-9-16(10-13-24)22-19(26)15-6-5-11-25(14-15)20-23-17-7-3-4-8-18(17)29-20/h3-4,7-8,15-16H,2,5-6,9-14H2,1H3,(H,22,26). The summed E-state index contributed by atoms with van der Waals surface area (Å²) in [4.78, 5) is 33.4. The number of benzene rings is 1. The first-order valence-electron chi connectivity index (χ1n) is 10.5. The lowest BCUT2D eigenvalue weighted by molar-refractivity contribution is -0.126. The Hall–Kier alpha value is -2.35. The molecule has 0 aliphatic carbocycles. The van der Waals surface area contributed by atoms with Crippen LogP contribution in [-0.2, 0) is 9.53 Å². The summed E-state index contributed by atoms with van der Waals surface area (Å²) < 4.78 is 6.24. The van der Waals surface area contributed by atoms with Crippen molar-refractivity contribution in [2.24, 2.45) is 5.92 Å². The smallest absolute Gasteiger partial charge is 0.409 e. The van der Waals surface area contributed by atoms with Crippen molar-refractivity contribution in [3.63, 3.8) is 0 Å². The number of hydrogen-bond acceptors (Lipinski definition) is 6. The van der Waals surface area contributed by atoms with E-state index >= 15 is 0 Å². The van der Waals surface area contributed by atoms with Crippen molar-refractivity contribution in [3.05, 3.63) is 24.3 Å². The Balaban J connectivity index is 1.30. The molecule has 156 valence electrons. The number of anilines is 1. The van der Waals surface area contributed by atoms with Gasteiger partial charge in [-0.05, 0) is 44.7 Å². The van der Waals surface area contributed by atoms with E-state index < -0.39 is 0 Å². The van der Waals surface area contributed by atoms with Gasteiger partial charge in [0.1, 0.15) is 0 Å². The van der Waals surface area contributed by atoms with Crippen molar-refractivity contribution >= 4 is 38.7 Å². The highest BCUT2D eigenvalue weighted by molar-refractivity contribution is 7.22. The number of rotatable bonds is 4. The molecule has 1 N–H and O–H groups in total. The van der Waals surface area contributed by atoms with Crippen LogP contribution >= 0.6 is 11.3 Å². The van der Waals surface area contributed by atoms with Crippen LogP contribution in [0.2, 0.25) is 0 Å². The van der Waals surface area contributed by atoms with Crippen LogP contribution in [0.1, 0.15) is 32.6 Å². The lowest BCUT2D eigenvalue weighted by Gasteiger charge is -2.35. The summed E-state index contributed by atoms with van der Waals surface area (Å²) in [6.45, 7) is 5.13. The molecule has 0 spiro atoms. The summed E-state index contributed by atoms with van der Waals surface area (Å²) in [6.07, 6.45) is 3.21. The third-order valence-corrected chi connectivity index (χ3v) is 6.81. The normalized spacial score (nSPS) is 20.7. The molecule has 0 bridgehead atoms. The van der Waals surface area contributed by atoms with Crippen molar-refractivity contribution in [2.45, 2.75) is 38.6 Å². The molecule has 29 heavy (non-hydrogen) atoms. The summed E-state index contributed by atoms with van der Waals surface area (Å²) in [5, 5.41) is 4.22. The van der Waals surface area contributed by atoms with Gasteiger partial charge in [-0.25, -0.2) is 9.78 Å². The molecule has 1 atom stereocenters. The van der Waals surface area contributed by atoms with E-state index in [1.165, 1.54) is 4.70 Å². The van der Waals surface area contributed by atoms with E-state index in [4.69, 9.17) is 9.72 Å². The van der Waals surface area contributed by atoms with Crippen LogP contribution in [-0.4, -0.2) is 60.7 Å². The van der Waals surface area contributed by atoms with E-state index in [9.17, 15) is 9.59 Å². The molecule has 0 radical (unpaired) electrons. The first-order valence-corrected chi connectivity index (χ1v) is 11.3. The first-order chi connectivity index (χ1) is 14.1. The molecule has 2 aromatic rings. The maximum atomic E-state index is 12.9. The van der Waals surface area contributed by atoms with E-state index in [1.807, 2.05) is 25.1 Å². The molecule has 2 aliphatic rings. The quantitative estimate of drug-likeness (QED) is 0.828. The van der Waals surface area contributed by atoms with Gasteiger partial charge >= 0.3 is 6.09 Å². The Morgan fingerprint density at radius 1 is 1.21 bits per heavy atom. The number of nitrogens with one attached hydrogen (secondary N) is 1. The average molecular weight is 417 g/mol. The molecule has 2 saturated heterocycles. The SMILES string of the molecule is CCOC(=O)N1CCC(NC(=O)C2CCCN(c3nc4ccccc4s3)C2)CC1. The second kappa shape index (κ2) is 8.98.